The molecule has 0 fully saturated rings. The Bertz CT molecular complexity index is 645. The molecule has 0 aliphatic rings. The van der Waals surface area contributed by atoms with Crippen LogP contribution in [0.1, 0.15) is 18.9 Å². The molecule has 0 unspecified atom stereocenters. The van der Waals surface area contributed by atoms with Crippen LogP contribution >= 0.6 is 11.6 Å². The average molecular weight is 281 g/mol. The SMILES string of the molecule is CCCc1cc2c(Cl)ccc([N+](=O)[O-])c2nc1NN. The van der Waals surface area contributed by atoms with Gasteiger partial charge in [0.15, 0.2) is 5.52 Å². The highest BCUT2D eigenvalue weighted by molar-refractivity contribution is 6.35. The maximum Gasteiger partial charge on any atom is 0.295 e. The van der Waals surface area contributed by atoms with Gasteiger partial charge in [0.1, 0.15) is 5.82 Å². The van der Waals surface area contributed by atoms with Gasteiger partial charge in [-0.15, -0.1) is 0 Å². The lowest BCUT2D eigenvalue weighted by molar-refractivity contribution is -0.383. The molecule has 2 aromatic rings. The molecular weight excluding hydrogens is 268 g/mol. The molecule has 1 heterocycles. The molecule has 0 aliphatic heterocycles. The number of fused-ring (bicyclic) bond motifs is 1. The van der Waals surface area contributed by atoms with Crippen LogP contribution in [0.4, 0.5) is 11.5 Å². The van der Waals surface area contributed by atoms with Gasteiger partial charge >= 0.3 is 0 Å². The van der Waals surface area contributed by atoms with Crippen molar-refractivity contribution in [2.24, 2.45) is 5.84 Å². The third-order valence-electron chi connectivity index (χ3n) is 2.84. The van der Waals surface area contributed by atoms with E-state index in [-0.39, 0.29) is 11.2 Å². The molecule has 100 valence electrons. The highest BCUT2D eigenvalue weighted by Gasteiger charge is 2.17. The first-order valence-corrected chi connectivity index (χ1v) is 6.19. The van der Waals surface area contributed by atoms with E-state index in [1.807, 2.05) is 6.92 Å². The molecule has 7 heteroatoms. The maximum atomic E-state index is 11.0. The minimum atomic E-state index is -0.481. The van der Waals surface area contributed by atoms with Crippen molar-refractivity contribution in [1.29, 1.82) is 0 Å². The van der Waals surface area contributed by atoms with Crippen LogP contribution in [-0.2, 0) is 6.42 Å². The lowest BCUT2D eigenvalue weighted by atomic mass is 10.1. The van der Waals surface area contributed by atoms with E-state index in [1.54, 1.807) is 6.07 Å². The number of hydrogen-bond acceptors (Lipinski definition) is 5. The van der Waals surface area contributed by atoms with Gasteiger partial charge in [0.2, 0.25) is 0 Å². The van der Waals surface area contributed by atoms with E-state index in [1.165, 1.54) is 12.1 Å². The Hall–Kier alpha value is -1.92. The lowest BCUT2D eigenvalue weighted by Gasteiger charge is -2.10. The average Bonchev–Trinajstić information content (AvgIpc) is 2.39. The zero-order chi connectivity index (χ0) is 14.0. The molecule has 19 heavy (non-hydrogen) atoms. The Morgan fingerprint density at radius 2 is 2.26 bits per heavy atom. The van der Waals surface area contributed by atoms with E-state index >= 15 is 0 Å². The molecule has 2 rings (SSSR count). The van der Waals surface area contributed by atoms with Gasteiger partial charge in [-0.05, 0) is 24.1 Å². The molecule has 0 saturated heterocycles. The summed E-state index contributed by atoms with van der Waals surface area (Å²) in [6, 6.07) is 4.66. The second-order valence-electron chi connectivity index (χ2n) is 4.11. The van der Waals surface area contributed by atoms with Crippen molar-refractivity contribution < 1.29 is 4.92 Å². The number of hydrogen-bond donors (Lipinski definition) is 2. The van der Waals surface area contributed by atoms with Crippen LogP contribution in [0.2, 0.25) is 5.02 Å². The fourth-order valence-electron chi connectivity index (χ4n) is 1.99. The largest absolute Gasteiger partial charge is 0.308 e. The number of benzene rings is 1. The van der Waals surface area contributed by atoms with E-state index in [4.69, 9.17) is 17.4 Å². The summed E-state index contributed by atoms with van der Waals surface area (Å²) in [6.07, 6.45) is 1.68. The fourth-order valence-corrected chi connectivity index (χ4v) is 2.19. The van der Waals surface area contributed by atoms with Gasteiger partial charge in [0.05, 0.1) is 9.95 Å². The highest BCUT2D eigenvalue weighted by atomic mass is 35.5. The maximum absolute atomic E-state index is 11.0. The van der Waals surface area contributed by atoms with Crippen molar-refractivity contribution in [1.82, 2.24) is 4.98 Å². The Morgan fingerprint density at radius 3 is 2.84 bits per heavy atom. The standard InChI is InChI=1S/C12H13ClN4O2/c1-2-3-7-6-8-9(13)4-5-10(17(18)19)11(8)15-12(7)16-14/h4-6H,2-3,14H2,1H3,(H,15,16). The fraction of sp³-hybridized carbons (Fsp3) is 0.250. The number of nitrogen functional groups attached to an aromatic ring is 1. The van der Waals surface area contributed by atoms with Crippen molar-refractivity contribution in [3.63, 3.8) is 0 Å². The van der Waals surface area contributed by atoms with Gasteiger partial charge in [-0.2, -0.15) is 0 Å². The van der Waals surface area contributed by atoms with Crippen molar-refractivity contribution in [2.75, 3.05) is 5.43 Å². The number of aromatic nitrogens is 1. The molecule has 1 aromatic carbocycles. The molecule has 0 bridgehead atoms. The number of anilines is 1. The summed E-state index contributed by atoms with van der Waals surface area (Å²) in [5.74, 6) is 5.87. The summed E-state index contributed by atoms with van der Waals surface area (Å²) < 4.78 is 0. The number of nitro benzene ring substituents is 1. The zero-order valence-electron chi connectivity index (χ0n) is 10.3. The summed E-state index contributed by atoms with van der Waals surface area (Å²) in [5, 5.41) is 12.0. The number of halogens is 1. The minimum Gasteiger partial charge on any atom is -0.308 e. The Labute approximate surface area is 114 Å². The third-order valence-corrected chi connectivity index (χ3v) is 3.17. The summed E-state index contributed by atoms with van der Waals surface area (Å²) in [4.78, 5) is 14.8. The number of nitrogens with one attached hydrogen (secondary N) is 1. The smallest absolute Gasteiger partial charge is 0.295 e. The van der Waals surface area contributed by atoms with Crippen LogP contribution < -0.4 is 11.3 Å². The summed E-state index contributed by atoms with van der Waals surface area (Å²) >= 11 is 6.09. The van der Waals surface area contributed by atoms with Crippen LogP contribution in [0, 0.1) is 10.1 Å². The summed E-state index contributed by atoms with van der Waals surface area (Å²) in [5.41, 5.74) is 3.53. The van der Waals surface area contributed by atoms with Crippen molar-refractivity contribution in [2.45, 2.75) is 19.8 Å². The number of nitrogens with zero attached hydrogens (tertiary/aromatic N) is 2. The van der Waals surface area contributed by atoms with E-state index in [0.717, 1.165) is 18.4 Å². The number of aryl methyl sites for hydroxylation is 1. The number of pyridine rings is 1. The Balaban J connectivity index is 2.79. The van der Waals surface area contributed by atoms with Crippen LogP contribution in [0.15, 0.2) is 18.2 Å². The summed E-state index contributed by atoms with van der Waals surface area (Å²) in [6.45, 7) is 2.03. The molecule has 3 N–H and O–H groups in total. The number of nitro groups is 1. The quantitative estimate of drug-likeness (QED) is 0.510. The molecule has 0 radical (unpaired) electrons. The van der Waals surface area contributed by atoms with Crippen LogP contribution in [0.25, 0.3) is 10.9 Å². The molecule has 0 atom stereocenters. The van der Waals surface area contributed by atoms with Gasteiger partial charge in [0.25, 0.3) is 5.69 Å². The van der Waals surface area contributed by atoms with Crippen LogP contribution in [0.5, 0.6) is 0 Å². The van der Waals surface area contributed by atoms with Crippen molar-refractivity contribution in [3.8, 4) is 0 Å². The van der Waals surface area contributed by atoms with Gasteiger partial charge in [0, 0.05) is 11.5 Å². The lowest BCUT2D eigenvalue weighted by Crippen LogP contribution is -2.11. The molecule has 0 spiro atoms. The van der Waals surface area contributed by atoms with Gasteiger partial charge in [-0.25, -0.2) is 10.8 Å². The predicted octanol–water partition coefficient (Wildman–Crippen LogP) is 3.03. The van der Waals surface area contributed by atoms with Gasteiger partial charge in [-0.3, -0.25) is 10.1 Å². The Morgan fingerprint density at radius 1 is 1.53 bits per heavy atom. The normalized spacial score (nSPS) is 10.7. The monoisotopic (exact) mass is 280 g/mol. The topological polar surface area (TPSA) is 94.1 Å². The molecule has 0 amide bonds. The molecular formula is C12H13ClN4O2. The Kier molecular flexibility index (Phi) is 3.82. The minimum absolute atomic E-state index is 0.0843. The van der Waals surface area contributed by atoms with Gasteiger partial charge in [-0.1, -0.05) is 24.9 Å². The zero-order valence-corrected chi connectivity index (χ0v) is 11.1. The van der Waals surface area contributed by atoms with E-state index in [2.05, 4.69) is 10.4 Å². The molecule has 0 aliphatic carbocycles. The molecule has 1 aromatic heterocycles. The van der Waals surface area contributed by atoms with E-state index in [0.29, 0.717) is 16.2 Å². The molecule has 6 nitrogen and oxygen atoms in total. The predicted molar refractivity (Wildman–Crippen MR) is 75.2 cm³/mol. The first-order chi connectivity index (χ1) is 9.08. The van der Waals surface area contributed by atoms with Crippen molar-refractivity contribution in [3.05, 3.63) is 38.9 Å². The second-order valence-corrected chi connectivity index (χ2v) is 4.52. The first-order valence-electron chi connectivity index (χ1n) is 5.81. The highest BCUT2D eigenvalue weighted by Crippen LogP contribution is 2.32. The van der Waals surface area contributed by atoms with E-state index < -0.39 is 4.92 Å². The number of non-ortho nitro benzene ring substituents is 1. The van der Waals surface area contributed by atoms with Crippen molar-refractivity contribution >= 4 is 34.0 Å². The first kappa shape index (κ1) is 13.5. The van der Waals surface area contributed by atoms with E-state index in [9.17, 15) is 10.1 Å². The third kappa shape index (κ3) is 2.45. The van der Waals surface area contributed by atoms with Crippen LogP contribution in [-0.4, -0.2) is 9.91 Å². The summed E-state index contributed by atoms with van der Waals surface area (Å²) in [7, 11) is 0. The number of nitrogens with two attached hydrogens (primary N) is 1. The second kappa shape index (κ2) is 5.38. The number of hydrazine groups is 1. The van der Waals surface area contributed by atoms with Crippen LogP contribution in [0.3, 0.4) is 0 Å². The van der Waals surface area contributed by atoms with Gasteiger partial charge < -0.3 is 5.43 Å². The molecule has 0 saturated carbocycles. The number of rotatable bonds is 4.